The van der Waals surface area contributed by atoms with Crippen LogP contribution < -0.4 is 4.40 Å². The summed E-state index contributed by atoms with van der Waals surface area (Å²) in [5, 5.41) is 2.21. The molecule has 1 atom stereocenters. The van der Waals surface area contributed by atoms with E-state index in [4.69, 9.17) is 14.4 Å². The fraction of sp³-hybridized carbons (Fsp3) is 0.176. The van der Waals surface area contributed by atoms with Crippen molar-refractivity contribution in [2.45, 2.75) is 50.4 Å². The molecule has 9 rings (SSSR count). The fourth-order valence-electron chi connectivity index (χ4n) is 7.71. The quantitative estimate of drug-likeness (QED) is 0.123. The fourth-order valence-corrected chi connectivity index (χ4v) is 11.0. The van der Waals surface area contributed by atoms with Crippen LogP contribution in [0.25, 0.3) is 44.3 Å². The smallest absolute Gasteiger partial charge is 0.120 e. The zero-order chi connectivity index (χ0) is 38.2. The number of pyridine rings is 1. The van der Waals surface area contributed by atoms with Gasteiger partial charge in [-0.15, -0.1) is 18.2 Å². The summed E-state index contributed by atoms with van der Waals surface area (Å²) in [4.78, 5) is 9.85. The van der Waals surface area contributed by atoms with Crippen molar-refractivity contribution in [2.24, 2.45) is 10.4 Å². The number of nitrogens with zero attached hydrogens (tertiary/aromatic N) is 2. The third-order valence-electron chi connectivity index (χ3n) is 10.2. The summed E-state index contributed by atoms with van der Waals surface area (Å²) < 4.78 is 7.89. The van der Waals surface area contributed by atoms with Gasteiger partial charge in [-0.2, -0.15) is 0 Å². The minimum absolute atomic E-state index is 0. The third kappa shape index (κ3) is 8.30. The summed E-state index contributed by atoms with van der Waals surface area (Å²) in [5.41, 5.74) is 13.4. The Hall–Kier alpha value is -4.87. The Morgan fingerprint density at radius 2 is 1.43 bits per heavy atom. The molecule has 2 aromatic heterocycles. The molecule has 1 aliphatic heterocycles. The van der Waals surface area contributed by atoms with Gasteiger partial charge in [-0.25, -0.2) is 0 Å². The second-order valence-electron chi connectivity index (χ2n) is 16.7. The zero-order valence-corrected chi connectivity index (χ0v) is 37.3. The largest absolute Gasteiger partial charge is 0.501 e. The van der Waals surface area contributed by atoms with Crippen LogP contribution in [0.5, 0.6) is 0 Å². The summed E-state index contributed by atoms with van der Waals surface area (Å²) in [5.74, 6) is 7.34. The maximum absolute atomic E-state index is 6.36. The molecule has 0 saturated heterocycles. The summed E-state index contributed by atoms with van der Waals surface area (Å²) in [6.45, 7) is 6.92. The Morgan fingerprint density at radius 1 is 0.696 bits per heavy atom. The number of aromatic nitrogens is 1. The number of para-hydroxylation sites is 2. The molecule has 0 fully saturated rings. The summed E-state index contributed by atoms with van der Waals surface area (Å²) >= 11 is -1.90. The van der Waals surface area contributed by atoms with Gasteiger partial charge in [0.15, 0.2) is 0 Å². The van der Waals surface area contributed by atoms with E-state index in [2.05, 4.69) is 159 Å². The average molecular weight is 968 g/mol. The molecule has 0 aliphatic carbocycles. The molecule has 6 aromatic carbocycles. The Kier molecular flexibility index (Phi) is 11.5. The third-order valence-corrected chi connectivity index (χ3v) is 14.5. The van der Waals surface area contributed by atoms with Crippen LogP contribution in [0.4, 0.5) is 5.69 Å². The van der Waals surface area contributed by atoms with E-state index in [1.54, 1.807) is 0 Å². The molecular weight excluding hydrogens is 921 g/mol. The maximum atomic E-state index is 6.36. The van der Waals surface area contributed by atoms with E-state index < -0.39 is 13.3 Å². The zero-order valence-electron chi connectivity index (χ0n) is 32.9. The molecule has 0 N–H and O–H groups in total. The molecule has 0 amide bonds. The number of fused-ring (bicyclic) bond motifs is 4. The second kappa shape index (κ2) is 16.3. The van der Waals surface area contributed by atoms with Crippen molar-refractivity contribution >= 4 is 51.0 Å². The monoisotopic (exact) mass is 969 g/mol. The molecule has 0 saturated carbocycles. The minimum atomic E-state index is -1.90. The van der Waals surface area contributed by atoms with Gasteiger partial charge in [0.05, 0.1) is 11.3 Å². The van der Waals surface area contributed by atoms with E-state index in [9.17, 15) is 0 Å². The molecule has 1 aliphatic rings. The summed E-state index contributed by atoms with van der Waals surface area (Å²) in [6, 6.07) is 57.1. The van der Waals surface area contributed by atoms with Gasteiger partial charge >= 0.3 is 132 Å². The Bertz CT molecular complexity index is 2650. The number of benzene rings is 6. The van der Waals surface area contributed by atoms with Crippen LogP contribution in [0.1, 0.15) is 48.9 Å². The predicted molar refractivity (Wildman–Crippen MR) is 234 cm³/mol. The molecule has 0 bridgehead atoms. The summed E-state index contributed by atoms with van der Waals surface area (Å²) in [6.07, 6.45) is 3.24. The van der Waals surface area contributed by atoms with E-state index in [1.807, 2.05) is 42.5 Å². The molecule has 56 heavy (non-hydrogen) atoms. The van der Waals surface area contributed by atoms with Crippen LogP contribution in [-0.2, 0) is 26.5 Å². The van der Waals surface area contributed by atoms with E-state index in [0.29, 0.717) is 5.41 Å². The van der Waals surface area contributed by atoms with Gasteiger partial charge in [-0.1, -0.05) is 102 Å². The number of furan rings is 1. The first-order valence-electron chi connectivity index (χ1n) is 19.2. The van der Waals surface area contributed by atoms with Crippen LogP contribution in [-0.4, -0.2) is 24.0 Å². The number of hydrogen-bond acceptors (Lipinski definition) is 3. The van der Waals surface area contributed by atoms with Crippen molar-refractivity contribution in [3.8, 4) is 22.4 Å². The van der Waals surface area contributed by atoms with Gasteiger partial charge < -0.3 is 4.42 Å². The van der Waals surface area contributed by atoms with Crippen LogP contribution in [0.15, 0.2) is 161 Å². The van der Waals surface area contributed by atoms with Gasteiger partial charge in [0.1, 0.15) is 5.58 Å². The topological polar surface area (TPSA) is 38.4 Å². The van der Waals surface area contributed by atoms with Crippen molar-refractivity contribution < 1.29 is 24.5 Å². The molecule has 1 radical (unpaired) electrons. The van der Waals surface area contributed by atoms with Gasteiger partial charge in [0, 0.05) is 31.4 Å². The number of aliphatic imine (C=N–C) groups is 1. The Balaban J connectivity index is 0.000000190. The molecule has 281 valence electrons. The second-order valence-corrected chi connectivity index (χ2v) is 27.2. The first kappa shape index (κ1) is 39.4. The molecule has 8 aromatic rings. The van der Waals surface area contributed by atoms with Gasteiger partial charge in [-0.05, 0) is 40.1 Å². The van der Waals surface area contributed by atoms with Crippen LogP contribution >= 0.6 is 0 Å². The predicted octanol–water partition coefficient (Wildman–Crippen LogP) is 13.0. The van der Waals surface area contributed by atoms with Crippen LogP contribution in [0, 0.1) is 17.5 Å². The van der Waals surface area contributed by atoms with E-state index in [1.165, 1.54) is 32.2 Å². The Morgan fingerprint density at radius 3 is 2.20 bits per heavy atom. The van der Waals surface area contributed by atoms with Crippen molar-refractivity contribution in [3.05, 3.63) is 186 Å². The van der Waals surface area contributed by atoms with E-state index >= 15 is 0 Å². The van der Waals surface area contributed by atoms with E-state index in [0.717, 1.165) is 56.6 Å². The van der Waals surface area contributed by atoms with Gasteiger partial charge in [-0.3, -0.25) is 4.99 Å². The molecule has 5 heteroatoms. The van der Waals surface area contributed by atoms with Crippen molar-refractivity contribution in [2.75, 3.05) is 0 Å². The SMILES string of the molecule is CC(C)(C)Cc1cc(-c2[c-]cccc2)nc[c]1[Ge]([CH3])([CH3])[CH3].[Ir].[c-]1ccc2c(oc3ccccc32)c1C1=Nc2ccccc2C1c1cccc(-c2ccccc2)c1. The first-order valence-corrected chi connectivity index (χ1v) is 26.5. The average Bonchev–Trinajstić information content (AvgIpc) is 3.77. The summed E-state index contributed by atoms with van der Waals surface area (Å²) in [7, 11) is 0. The molecule has 0 spiro atoms. The van der Waals surface area contributed by atoms with Crippen molar-refractivity contribution in [1.29, 1.82) is 0 Å². The number of rotatable bonds is 6. The molecule has 1 unspecified atom stereocenters. The van der Waals surface area contributed by atoms with Crippen LogP contribution in [0.3, 0.4) is 0 Å². The maximum Gasteiger partial charge on any atom is 0.120 e. The van der Waals surface area contributed by atoms with Crippen molar-refractivity contribution in [1.82, 2.24) is 4.98 Å². The van der Waals surface area contributed by atoms with Gasteiger partial charge in [0.25, 0.3) is 0 Å². The minimum Gasteiger partial charge on any atom is -0.501 e. The van der Waals surface area contributed by atoms with Gasteiger partial charge in [0.2, 0.25) is 0 Å². The molecule has 3 nitrogen and oxygen atoms in total. The van der Waals surface area contributed by atoms with E-state index in [-0.39, 0.29) is 26.0 Å². The first-order chi connectivity index (χ1) is 26.5. The normalized spacial score (nSPS) is 13.8. The number of hydrogen-bond donors (Lipinski definition) is 0. The van der Waals surface area contributed by atoms with Crippen molar-refractivity contribution in [3.63, 3.8) is 0 Å². The molecular formula is C51H46GeIrN2O-2. The molecule has 3 heterocycles. The Labute approximate surface area is 347 Å². The van der Waals surface area contributed by atoms with Crippen LogP contribution in [0.2, 0.25) is 17.3 Å². The standard InChI is InChI=1S/C32H20NO.C19H26GeN.Ir/c1-2-10-21(11-3-1)22-12-8-13-23(20-22)30-26-15-4-6-18-28(26)33-31(30)27-17-9-16-25-24-14-5-7-19-29(24)34-32(25)27;1-19(2,3)13-16-12-18(15-10-8-7-9-11-15)21-14-17(16)20(4,5)6;/h1-16,18-20,30H;7-10,12,14H,13H2,1-6H3;/q2*-1;.